The Balaban J connectivity index is 2.10. The van der Waals surface area contributed by atoms with Crippen molar-refractivity contribution >= 4 is 23.2 Å². The normalized spacial score (nSPS) is 18.1. The molecule has 4 heteroatoms. The highest BCUT2D eigenvalue weighted by Crippen LogP contribution is 2.26. The minimum atomic E-state index is -0.476. The third kappa shape index (κ3) is 4.79. The average molecular weight is 348 g/mol. The van der Waals surface area contributed by atoms with Gasteiger partial charge in [-0.05, 0) is 50.7 Å². The summed E-state index contributed by atoms with van der Waals surface area (Å²) < 4.78 is 5.54. The zero-order valence-electron chi connectivity index (χ0n) is 15.5. The molecule has 1 amide bonds. The van der Waals surface area contributed by atoms with Gasteiger partial charge >= 0.3 is 6.09 Å². The number of ether oxygens (including phenoxy) is 1. The molecular formula is C20H29NO2S. The van der Waals surface area contributed by atoms with E-state index in [2.05, 4.69) is 38.1 Å². The van der Waals surface area contributed by atoms with Gasteiger partial charge in [-0.15, -0.1) is 0 Å². The summed E-state index contributed by atoms with van der Waals surface area (Å²) in [6.45, 7) is 10.8. The van der Waals surface area contributed by atoms with Crippen LogP contribution in [0.25, 0.3) is 0 Å². The molecule has 0 spiro atoms. The maximum Gasteiger partial charge on any atom is 0.410 e. The molecule has 1 heterocycles. The number of rotatable bonds is 4. The minimum absolute atomic E-state index is 0.00932. The van der Waals surface area contributed by atoms with Gasteiger partial charge in [0.05, 0.1) is 6.04 Å². The Morgan fingerprint density at radius 2 is 2.00 bits per heavy atom. The molecule has 1 aromatic carbocycles. The van der Waals surface area contributed by atoms with Crippen LogP contribution in [-0.4, -0.2) is 34.0 Å². The number of benzene rings is 1. The Bertz CT molecular complexity index is 604. The van der Waals surface area contributed by atoms with Crippen molar-refractivity contribution in [3.63, 3.8) is 0 Å². The second kappa shape index (κ2) is 7.64. The molecule has 0 aromatic heterocycles. The van der Waals surface area contributed by atoms with E-state index in [1.54, 1.807) is 0 Å². The fourth-order valence-corrected chi connectivity index (χ4v) is 3.61. The Hall–Kier alpha value is -1.42. The van der Waals surface area contributed by atoms with Crippen LogP contribution in [0.3, 0.4) is 0 Å². The van der Waals surface area contributed by atoms with E-state index in [0.717, 1.165) is 30.7 Å². The number of carbonyl (C=O) groups excluding carboxylic acids is 1. The van der Waals surface area contributed by atoms with E-state index in [0.29, 0.717) is 5.92 Å². The molecule has 0 radical (unpaired) electrons. The number of hydrogen-bond acceptors (Lipinski definition) is 3. The second-order valence-electron chi connectivity index (χ2n) is 7.83. The first-order valence-corrected chi connectivity index (χ1v) is 9.20. The van der Waals surface area contributed by atoms with E-state index in [1.807, 2.05) is 25.7 Å². The van der Waals surface area contributed by atoms with Crippen molar-refractivity contribution in [1.82, 2.24) is 4.90 Å². The van der Waals surface area contributed by atoms with Gasteiger partial charge in [0.2, 0.25) is 0 Å². The van der Waals surface area contributed by atoms with Gasteiger partial charge in [-0.1, -0.05) is 50.3 Å². The van der Waals surface area contributed by atoms with Gasteiger partial charge in [0, 0.05) is 17.8 Å². The molecule has 1 atom stereocenters. The van der Waals surface area contributed by atoms with E-state index in [9.17, 15) is 4.79 Å². The zero-order chi connectivity index (χ0) is 17.9. The fraction of sp³-hybridized carbons (Fsp3) is 0.600. The number of amides is 1. The van der Waals surface area contributed by atoms with Crippen molar-refractivity contribution in [3.05, 3.63) is 35.4 Å². The number of carbonyl (C=O) groups is 1. The van der Waals surface area contributed by atoms with Crippen LogP contribution in [0.4, 0.5) is 4.79 Å². The molecule has 2 rings (SSSR count). The van der Waals surface area contributed by atoms with Crippen molar-refractivity contribution in [2.24, 2.45) is 0 Å². The highest BCUT2D eigenvalue weighted by atomic mass is 32.1. The molecule has 0 bridgehead atoms. The highest BCUT2D eigenvalue weighted by molar-refractivity contribution is 7.80. The van der Waals surface area contributed by atoms with Gasteiger partial charge in [-0.3, -0.25) is 0 Å². The fourth-order valence-electron chi connectivity index (χ4n) is 3.20. The summed E-state index contributed by atoms with van der Waals surface area (Å²) in [5.41, 5.74) is 2.13. The first-order chi connectivity index (χ1) is 11.2. The Morgan fingerprint density at radius 1 is 1.33 bits per heavy atom. The maximum atomic E-state index is 12.4. The molecule has 1 aromatic rings. The van der Waals surface area contributed by atoms with E-state index in [4.69, 9.17) is 17.0 Å². The van der Waals surface area contributed by atoms with E-state index in [1.165, 1.54) is 11.1 Å². The summed E-state index contributed by atoms with van der Waals surface area (Å²) >= 11 is 5.73. The van der Waals surface area contributed by atoms with Crippen LogP contribution in [0.1, 0.15) is 64.5 Å². The molecular weight excluding hydrogens is 318 g/mol. The third-order valence-corrected chi connectivity index (χ3v) is 4.71. The lowest BCUT2D eigenvalue weighted by atomic mass is 9.93. The number of hydrogen-bond donors (Lipinski definition) is 0. The first kappa shape index (κ1) is 18.9. The summed E-state index contributed by atoms with van der Waals surface area (Å²) in [5.74, 6) is 0.467. The van der Waals surface area contributed by atoms with Gasteiger partial charge in [0.25, 0.3) is 0 Å². The van der Waals surface area contributed by atoms with Crippen molar-refractivity contribution < 1.29 is 9.53 Å². The van der Waals surface area contributed by atoms with E-state index < -0.39 is 5.60 Å². The Kier molecular flexibility index (Phi) is 6.02. The van der Waals surface area contributed by atoms with Crippen LogP contribution in [0.2, 0.25) is 0 Å². The van der Waals surface area contributed by atoms with Crippen LogP contribution in [0, 0.1) is 0 Å². The largest absolute Gasteiger partial charge is 0.444 e. The highest BCUT2D eigenvalue weighted by Gasteiger charge is 2.34. The van der Waals surface area contributed by atoms with Gasteiger partial charge in [-0.2, -0.15) is 0 Å². The minimum Gasteiger partial charge on any atom is -0.444 e. The van der Waals surface area contributed by atoms with Crippen LogP contribution >= 0.6 is 12.2 Å². The maximum absolute atomic E-state index is 12.4. The summed E-state index contributed by atoms with van der Waals surface area (Å²) in [5, 5.41) is 0. The number of thiocarbonyl (C=S) groups is 1. The summed E-state index contributed by atoms with van der Waals surface area (Å²) in [4.78, 5) is 15.2. The molecule has 0 N–H and O–H groups in total. The van der Waals surface area contributed by atoms with Crippen LogP contribution in [0.15, 0.2) is 24.3 Å². The predicted molar refractivity (Wildman–Crippen MR) is 103 cm³/mol. The standard InChI is InChI=1S/C20H29NO2S/c1-14(2)16-10-7-6-9-15(16)13-18(24)17-11-8-12-21(17)19(22)23-20(3,4)5/h6-7,9-10,14,17H,8,11-13H2,1-5H3/t17-/m0/s1. The Labute approximate surface area is 151 Å². The molecule has 0 aliphatic carbocycles. The van der Waals surface area contributed by atoms with Gasteiger partial charge in [0.1, 0.15) is 5.60 Å². The molecule has 24 heavy (non-hydrogen) atoms. The smallest absolute Gasteiger partial charge is 0.410 e. The van der Waals surface area contributed by atoms with Gasteiger partial charge in [-0.25, -0.2) is 4.79 Å². The molecule has 1 aliphatic rings. The SMILES string of the molecule is CC(C)c1ccccc1CC(=S)[C@@H]1CCCN1C(=O)OC(C)(C)C. The molecule has 0 unspecified atom stereocenters. The molecule has 1 saturated heterocycles. The van der Waals surface area contributed by atoms with Gasteiger partial charge in [0.15, 0.2) is 0 Å². The monoisotopic (exact) mass is 347 g/mol. The van der Waals surface area contributed by atoms with Crippen molar-refractivity contribution in [1.29, 1.82) is 0 Å². The van der Waals surface area contributed by atoms with Crippen molar-refractivity contribution in [2.75, 3.05) is 6.54 Å². The third-order valence-electron chi connectivity index (χ3n) is 4.29. The second-order valence-corrected chi connectivity index (χ2v) is 8.35. The predicted octanol–water partition coefficient (Wildman–Crippen LogP) is 5.12. The molecule has 132 valence electrons. The van der Waals surface area contributed by atoms with Gasteiger partial charge < -0.3 is 9.64 Å². The summed E-state index contributed by atoms with van der Waals surface area (Å²) in [6, 6.07) is 8.46. The van der Waals surface area contributed by atoms with Crippen LogP contribution < -0.4 is 0 Å². The number of nitrogens with zero attached hydrogens (tertiary/aromatic N) is 1. The molecule has 0 saturated carbocycles. The lowest BCUT2D eigenvalue weighted by Gasteiger charge is -2.29. The zero-order valence-corrected chi connectivity index (χ0v) is 16.3. The van der Waals surface area contributed by atoms with E-state index >= 15 is 0 Å². The molecule has 1 aliphatic heterocycles. The lowest BCUT2D eigenvalue weighted by molar-refractivity contribution is 0.0266. The van der Waals surface area contributed by atoms with Crippen LogP contribution in [-0.2, 0) is 11.2 Å². The Morgan fingerprint density at radius 3 is 2.62 bits per heavy atom. The average Bonchev–Trinajstić information content (AvgIpc) is 2.95. The summed E-state index contributed by atoms with van der Waals surface area (Å²) in [7, 11) is 0. The van der Waals surface area contributed by atoms with E-state index in [-0.39, 0.29) is 12.1 Å². The summed E-state index contributed by atoms with van der Waals surface area (Å²) in [6.07, 6.45) is 2.41. The quantitative estimate of drug-likeness (QED) is 0.708. The topological polar surface area (TPSA) is 29.5 Å². The van der Waals surface area contributed by atoms with Crippen molar-refractivity contribution in [3.8, 4) is 0 Å². The lowest BCUT2D eigenvalue weighted by Crippen LogP contribution is -2.43. The molecule has 1 fully saturated rings. The first-order valence-electron chi connectivity index (χ1n) is 8.79. The van der Waals surface area contributed by atoms with Crippen molar-refractivity contribution in [2.45, 2.75) is 71.4 Å². The van der Waals surface area contributed by atoms with Crippen LogP contribution in [0.5, 0.6) is 0 Å². The molecule has 3 nitrogen and oxygen atoms in total. The number of likely N-dealkylation sites (tertiary alicyclic amines) is 1.